The molecular weight excluding hydrogens is 333 g/mol. The average Bonchev–Trinajstić information content (AvgIpc) is 2.55. The van der Waals surface area contributed by atoms with Crippen LogP contribution in [0.25, 0.3) is 0 Å². The molecule has 0 saturated carbocycles. The maximum Gasteiger partial charge on any atom is 0.416 e. The third-order valence-electron chi connectivity index (χ3n) is 3.51. The predicted molar refractivity (Wildman–Crippen MR) is 89.2 cm³/mol. The monoisotopic (exact) mass is 350 g/mol. The fourth-order valence-electron chi connectivity index (χ4n) is 2.26. The average molecular weight is 350 g/mol. The first-order valence-corrected chi connectivity index (χ1v) is 7.57. The predicted octanol–water partition coefficient (Wildman–Crippen LogP) is 4.09. The molecule has 2 rings (SSSR count). The van der Waals surface area contributed by atoms with Crippen LogP contribution in [0.4, 0.5) is 24.5 Å². The molecule has 1 N–H and O–H groups in total. The second kappa shape index (κ2) is 7.83. The van der Waals surface area contributed by atoms with E-state index in [9.17, 15) is 22.8 Å². The summed E-state index contributed by atoms with van der Waals surface area (Å²) in [5.74, 6) is -0.642. The highest BCUT2D eigenvalue weighted by molar-refractivity contribution is 5.94. The lowest BCUT2D eigenvalue weighted by Gasteiger charge is -2.21. The van der Waals surface area contributed by atoms with Crippen LogP contribution >= 0.6 is 0 Å². The van der Waals surface area contributed by atoms with Gasteiger partial charge in [-0.3, -0.25) is 9.59 Å². The number of alkyl halides is 3. The molecule has 0 unspecified atom stereocenters. The van der Waals surface area contributed by atoms with E-state index in [1.807, 2.05) is 6.07 Å². The van der Waals surface area contributed by atoms with Crippen LogP contribution in [0.15, 0.2) is 54.6 Å². The van der Waals surface area contributed by atoms with Crippen molar-refractivity contribution in [1.29, 1.82) is 0 Å². The molecule has 2 aromatic rings. The highest BCUT2D eigenvalue weighted by Crippen LogP contribution is 2.30. The van der Waals surface area contributed by atoms with Gasteiger partial charge in [-0.05, 0) is 36.4 Å². The number of halogens is 3. The van der Waals surface area contributed by atoms with Crippen LogP contribution in [0.2, 0.25) is 0 Å². The maximum absolute atomic E-state index is 12.6. The van der Waals surface area contributed by atoms with Crippen molar-refractivity contribution < 1.29 is 22.8 Å². The summed E-state index contributed by atoms with van der Waals surface area (Å²) in [6, 6.07) is 13.1. The van der Waals surface area contributed by atoms with E-state index in [1.54, 1.807) is 24.3 Å². The topological polar surface area (TPSA) is 49.4 Å². The Balaban J connectivity index is 2.01. The molecule has 0 bridgehead atoms. The Labute approximate surface area is 143 Å². The zero-order valence-electron chi connectivity index (χ0n) is 13.5. The number of carbonyl (C=O) groups excluding carboxylic acids is 2. The minimum atomic E-state index is -4.44. The number of rotatable bonds is 5. The van der Waals surface area contributed by atoms with Crippen LogP contribution in [-0.4, -0.2) is 18.4 Å². The molecule has 132 valence electrons. The molecule has 4 nitrogen and oxygen atoms in total. The van der Waals surface area contributed by atoms with E-state index < -0.39 is 11.7 Å². The normalized spacial score (nSPS) is 11.0. The summed E-state index contributed by atoms with van der Waals surface area (Å²) in [4.78, 5) is 25.0. The van der Waals surface area contributed by atoms with Gasteiger partial charge in [0.05, 0.1) is 5.56 Å². The molecule has 25 heavy (non-hydrogen) atoms. The number of para-hydroxylation sites is 1. The van der Waals surface area contributed by atoms with Crippen molar-refractivity contribution in [1.82, 2.24) is 0 Å². The highest BCUT2D eigenvalue weighted by Gasteiger charge is 2.30. The second-order valence-electron chi connectivity index (χ2n) is 5.38. The number of hydrogen-bond donors (Lipinski definition) is 1. The number of benzene rings is 2. The molecule has 0 fully saturated rings. The summed E-state index contributed by atoms with van der Waals surface area (Å²) < 4.78 is 37.8. The van der Waals surface area contributed by atoms with Crippen LogP contribution in [0.3, 0.4) is 0 Å². The summed E-state index contributed by atoms with van der Waals surface area (Å²) in [6.07, 6.45) is -4.41. The van der Waals surface area contributed by atoms with E-state index in [-0.39, 0.29) is 24.8 Å². The van der Waals surface area contributed by atoms with Crippen molar-refractivity contribution in [3.05, 3.63) is 60.2 Å². The van der Waals surface area contributed by atoms with Gasteiger partial charge in [0.2, 0.25) is 11.8 Å². The lowest BCUT2D eigenvalue weighted by molar-refractivity contribution is -0.137. The van der Waals surface area contributed by atoms with E-state index in [4.69, 9.17) is 0 Å². The fourth-order valence-corrected chi connectivity index (χ4v) is 2.26. The standard InChI is InChI=1S/C18H17F3N2O2/c1-13(24)23(16-9-7-14(8-10-16)18(19,20)21)12-11-17(25)22-15-5-3-2-4-6-15/h2-10H,11-12H2,1H3,(H,22,25). The minimum absolute atomic E-state index is 0.0233. The Morgan fingerprint density at radius 2 is 1.60 bits per heavy atom. The SMILES string of the molecule is CC(=O)N(CCC(=O)Nc1ccccc1)c1ccc(C(F)(F)F)cc1. The van der Waals surface area contributed by atoms with Crippen LogP contribution in [0.5, 0.6) is 0 Å². The van der Waals surface area contributed by atoms with Crippen molar-refractivity contribution >= 4 is 23.2 Å². The van der Waals surface area contributed by atoms with E-state index >= 15 is 0 Å². The molecule has 2 aromatic carbocycles. The fraction of sp³-hybridized carbons (Fsp3) is 0.222. The van der Waals surface area contributed by atoms with Crippen LogP contribution < -0.4 is 10.2 Å². The summed E-state index contributed by atoms with van der Waals surface area (Å²) in [5, 5.41) is 2.69. The second-order valence-corrected chi connectivity index (χ2v) is 5.38. The van der Waals surface area contributed by atoms with Crippen LogP contribution in [0.1, 0.15) is 18.9 Å². The molecule has 0 spiro atoms. The molecule has 0 heterocycles. The van der Waals surface area contributed by atoms with Gasteiger partial charge in [-0.25, -0.2) is 0 Å². The van der Waals surface area contributed by atoms with Crippen LogP contribution in [0, 0.1) is 0 Å². The molecule has 0 aliphatic rings. The Kier molecular flexibility index (Phi) is 5.80. The molecule has 0 aliphatic carbocycles. The van der Waals surface area contributed by atoms with E-state index in [1.165, 1.54) is 24.0 Å². The molecular formula is C18H17F3N2O2. The van der Waals surface area contributed by atoms with Gasteiger partial charge in [0.1, 0.15) is 0 Å². The van der Waals surface area contributed by atoms with E-state index in [0.29, 0.717) is 11.4 Å². The number of nitrogens with one attached hydrogen (secondary N) is 1. The van der Waals surface area contributed by atoms with Gasteiger partial charge in [0.25, 0.3) is 0 Å². The lowest BCUT2D eigenvalue weighted by atomic mass is 10.2. The van der Waals surface area contributed by atoms with Gasteiger partial charge in [-0.2, -0.15) is 13.2 Å². The molecule has 0 saturated heterocycles. The highest BCUT2D eigenvalue weighted by atomic mass is 19.4. The van der Waals surface area contributed by atoms with Crippen molar-refractivity contribution in [3.63, 3.8) is 0 Å². The van der Waals surface area contributed by atoms with Crippen molar-refractivity contribution in [2.45, 2.75) is 19.5 Å². The van der Waals surface area contributed by atoms with Gasteiger partial charge in [0, 0.05) is 31.3 Å². The molecule has 0 aromatic heterocycles. The number of anilines is 2. The van der Waals surface area contributed by atoms with Crippen LogP contribution in [-0.2, 0) is 15.8 Å². The third kappa shape index (κ3) is 5.34. The Morgan fingerprint density at radius 3 is 2.12 bits per heavy atom. The van der Waals surface area contributed by atoms with E-state index in [2.05, 4.69) is 5.32 Å². The number of amides is 2. The zero-order chi connectivity index (χ0) is 18.4. The quantitative estimate of drug-likeness (QED) is 0.883. The Bertz CT molecular complexity index is 728. The first-order valence-electron chi connectivity index (χ1n) is 7.57. The summed E-state index contributed by atoms with van der Waals surface area (Å²) >= 11 is 0. The lowest BCUT2D eigenvalue weighted by Crippen LogP contribution is -2.32. The van der Waals surface area contributed by atoms with Crippen molar-refractivity contribution in [3.8, 4) is 0 Å². The zero-order valence-corrected chi connectivity index (χ0v) is 13.5. The molecule has 0 aliphatic heterocycles. The molecule has 0 atom stereocenters. The molecule has 2 amide bonds. The first kappa shape index (κ1) is 18.5. The molecule has 0 radical (unpaired) electrons. The van der Waals surface area contributed by atoms with E-state index in [0.717, 1.165) is 12.1 Å². The largest absolute Gasteiger partial charge is 0.416 e. The number of nitrogens with zero attached hydrogens (tertiary/aromatic N) is 1. The first-order chi connectivity index (χ1) is 11.8. The van der Waals surface area contributed by atoms with Crippen molar-refractivity contribution in [2.75, 3.05) is 16.8 Å². The Hall–Kier alpha value is -2.83. The summed E-state index contributed by atoms with van der Waals surface area (Å²) in [7, 11) is 0. The van der Waals surface area contributed by atoms with Gasteiger partial charge in [-0.1, -0.05) is 18.2 Å². The smallest absolute Gasteiger partial charge is 0.326 e. The van der Waals surface area contributed by atoms with Gasteiger partial charge >= 0.3 is 6.18 Å². The Morgan fingerprint density at radius 1 is 1.00 bits per heavy atom. The van der Waals surface area contributed by atoms with Gasteiger partial charge in [-0.15, -0.1) is 0 Å². The third-order valence-corrected chi connectivity index (χ3v) is 3.51. The van der Waals surface area contributed by atoms with Crippen molar-refractivity contribution in [2.24, 2.45) is 0 Å². The molecule has 7 heteroatoms. The summed E-state index contributed by atoms with van der Waals surface area (Å²) in [6.45, 7) is 1.37. The number of carbonyl (C=O) groups is 2. The number of hydrogen-bond acceptors (Lipinski definition) is 2. The van der Waals surface area contributed by atoms with Gasteiger partial charge in [0.15, 0.2) is 0 Å². The minimum Gasteiger partial charge on any atom is -0.326 e. The van der Waals surface area contributed by atoms with Gasteiger partial charge < -0.3 is 10.2 Å². The maximum atomic E-state index is 12.6. The summed E-state index contributed by atoms with van der Waals surface area (Å²) in [5.41, 5.74) is 0.158.